The monoisotopic (exact) mass is 410 g/mol. The highest BCUT2D eigenvalue weighted by Crippen LogP contribution is 2.31. The van der Waals surface area contributed by atoms with Crippen LogP contribution in [0.1, 0.15) is 42.6 Å². The maximum absolute atomic E-state index is 13.0. The number of nitrogens with one attached hydrogen (secondary N) is 1. The van der Waals surface area contributed by atoms with Crippen LogP contribution in [0.5, 0.6) is 11.5 Å². The molecule has 30 heavy (non-hydrogen) atoms. The van der Waals surface area contributed by atoms with E-state index in [2.05, 4.69) is 5.32 Å². The van der Waals surface area contributed by atoms with Crippen molar-refractivity contribution in [3.05, 3.63) is 59.7 Å². The van der Waals surface area contributed by atoms with Crippen molar-refractivity contribution >= 4 is 11.8 Å². The molecule has 0 aromatic heterocycles. The summed E-state index contributed by atoms with van der Waals surface area (Å²) in [4.78, 5) is 27.7. The Labute approximate surface area is 178 Å². The molecule has 6 heteroatoms. The molecule has 1 heterocycles. The largest absolute Gasteiger partial charge is 0.497 e. The molecule has 0 saturated carbocycles. The van der Waals surface area contributed by atoms with Crippen LogP contribution in [-0.4, -0.2) is 43.5 Å². The fraction of sp³-hybridized carbons (Fsp3) is 0.417. The Bertz CT molecular complexity index is 864. The summed E-state index contributed by atoms with van der Waals surface area (Å²) in [6.45, 7) is 5.97. The van der Waals surface area contributed by atoms with Gasteiger partial charge in [0, 0.05) is 25.2 Å². The molecule has 1 aliphatic rings. The van der Waals surface area contributed by atoms with E-state index in [9.17, 15) is 9.59 Å². The van der Waals surface area contributed by atoms with Gasteiger partial charge in [-0.05, 0) is 68.7 Å². The van der Waals surface area contributed by atoms with Crippen LogP contribution in [0.2, 0.25) is 0 Å². The molecule has 0 unspecified atom stereocenters. The fourth-order valence-electron chi connectivity index (χ4n) is 3.78. The zero-order valence-corrected chi connectivity index (χ0v) is 17.9. The van der Waals surface area contributed by atoms with Crippen molar-refractivity contribution in [3.63, 3.8) is 0 Å². The SMILES string of the molecule is CCOc1ccc(C(=O)N2CCC[C@](C)(C(=O)NCc3ccc(OC)cc3)C2)cc1. The molecule has 1 saturated heterocycles. The number of hydrogen-bond donors (Lipinski definition) is 1. The number of nitrogens with zero attached hydrogens (tertiary/aromatic N) is 1. The van der Waals surface area contributed by atoms with Crippen LogP contribution in [0.25, 0.3) is 0 Å². The molecular formula is C24H30N2O4. The van der Waals surface area contributed by atoms with Gasteiger partial charge in [-0.2, -0.15) is 0 Å². The van der Waals surface area contributed by atoms with Gasteiger partial charge in [0.25, 0.3) is 5.91 Å². The lowest BCUT2D eigenvalue weighted by Crippen LogP contribution is -2.51. The molecule has 1 atom stereocenters. The van der Waals surface area contributed by atoms with Crippen LogP contribution >= 0.6 is 0 Å². The predicted octanol–water partition coefficient (Wildman–Crippen LogP) is 3.65. The Hall–Kier alpha value is -3.02. The average Bonchev–Trinajstić information content (AvgIpc) is 2.78. The zero-order valence-electron chi connectivity index (χ0n) is 17.9. The zero-order chi connectivity index (χ0) is 21.6. The summed E-state index contributed by atoms with van der Waals surface area (Å²) in [5.41, 5.74) is 1.01. The third-order valence-corrected chi connectivity index (χ3v) is 5.56. The summed E-state index contributed by atoms with van der Waals surface area (Å²) in [6, 6.07) is 14.8. The van der Waals surface area contributed by atoms with Crippen molar-refractivity contribution in [2.24, 2.45) is 5.41 Å². The van der Waals surface area contributed by atoms with Gasteiger partial charge in [0.05, 0.1) is 19.1 Å². The van der Waals surface area contributed by atoms with Gasteiger partial charge in [-0.1, -0.05) is 12.1 Å². The number of benzene rings is 2. The van der Waals surface area contributed by atoms with Gasteiger partial charge in [-0.3, -0.25) is 9.59 Å². The van der Waals surface area contributed by atoms with Crippen molar-refractivity contribution in [1.29, 1.82) is 0 Å². The minimum Gasteiger partial charge on any atom is -0.497 e. The van der Waals surface area contributed by atoms with Crippen LogP contribution in [0.3, 0.4) is 0 Å². The highest BCUT2D eigenvalue weighted by Gasteiger charge is 2.39. The minimum absolute atomic E-state index is 0.0255. The number of hydrogen-bond acceptors (Lipinski definition) is 4. The third kappa shape index (κ3) is 5.12. The summed E-state index contributed by atoms with van der Waals surface area (Å²) >= 11 is 0. The quantitative estimate of drug-likeness (QED) is 0.757. The van der Waals surface area contributed by atoms with Crippen LogP contribution in [0, 0.1) is 5.41 Å². The van der Waals surface area contributed by atoms with Gasteiger partial charge < -0.3 is 19.7 Å². The lowest BCUT2D eigenvalue weighted by atomic mass is 9.80. The predicted molar refractivity (Wildman–Crippen MR) is 116 cm³/mol. The number of methoxy groups -OCH3 is 1. The van der Waals surface area contributed by atoms with Crippen molar-refractivity contribution in [2.75, 3.05) is 26.8 Å². The maximum atomic E-state index is 13.0. The fourth-order valence-corrected chi connectivity index (χ4v) is 3.78. The molecule has 2 aromatic carbocycles. The first-order valence-electron chi connectivity index (χ1n) is 10.4. The van der Waals surface area contributed by atoms with E-state index in [1.165, 1.54) is 0 Å². The van der Waals surface area contributed by atoms with Gasteiger partial charge in [0.15, 0.2) is 0 Å². The molecule has 0 spiro atoms. The second-order valence-corrected chi connectivity index (χ2v) is 7.88. The number of piperidine rings is 1. The molecule has 0 aliphatic carbocycles. The number of amides is 2. The summed E-state index contributed by atoms with van der Waals surface area (Å²) in [5.74, 6) is 1.46. The molecule has 2 amide bonds. The van der Waals surface area contributed by atoms with E-state index in [1.807, 2.05) is 38.1 Å². The normalized spacial score (nSPS) is 18.6. The molecule has 0 bridgehead atoms. The Morgan fingerprint density at radius 1 is 1.07 bits per heavy atom. The molecule has 1 aliphatic heterocycles. The van der Waals surface area contributed by atoms with E-state index in [-0.39, 0.29) is 11.8 Å². The Balaban J connectivity index is 1.61. The van der Waals surface area contributed by atoms with Crippen molar-refractivity contribution in [3.8, 4) is 11.5 Å². The van der Waals surface area contributed by atoms with Crippen LogP contribution < -0.4 is 14.8 Å². The lowest BCUT2D eigenvalue weighted by Gasteiger charge is -2.39. The molecule has 0 radical (unpaired) electrons. The maximum Gasteiger partial charge on any atom is 0.253 e. The minimum atomic E-state index is -0.606. The van der Waals surface area contributed by atoms with E-state index in [0.29, 0.717) is 31.8 Å². The summed E-state index contributed by atoms with van der Waals surface area (Å²) in [6.07, 6.45) is 1.56. The first kappa shape index (κ1) is 21.7. The molecule has 6 nitrogen and oxygen atoms in total. The number of carbonyl (C=O) groups is 2. The van der Waals surface area contributed by atoms with E-state index in [1.54, 1.807) is 36.3 Å². The first-order valence-corrected chi connectivity index (χ1v) is 10.4. The van der Waals surface area contributed by atoms with Gasteiger partial charge in [-0.25, -0.2) is 0 Å². The van der Waals surface area contributed by atoms with Crippen molar-refractivity contribution < 1.29 is 19.1 Å². The Kier molecular flexibility index (Phi) is 6.98. The molecule has 1 fully saturated rings. The molecule has 1 N–H and O–H groups in total. The lowest BCUT2D eigenvalue weighted by molar-refractivity contribution is -0.132. The smallest absolute Gasteiger partial charge is 0.253 e. The van der Waals surface area contributed by atoms with Crippen molar-refractivity contribution in [1.82, 2.24) is 10.2 Å². The molecular weight excluding hydrogens is 380 g/mol. The molecule has 2 aromatic rings. The van der Waals surface area contributed by atoms with Gasteiger partial charge >= 0.3 is 0 Å². The summed E-state index contributed by atoms with van der Waals surface area (Å²) in [7, 11) is 1.63. The van der Waals surface area contributed by atoms with Gasteiger partial charge in [0.1, 0.15) is 11.5 Å². The number of carbonyl (C=O) groups excluding carboxylic acids is 2. The molecule has 3 rings (SSSR count). The van der Waals surface area contributed by atoms with Gasteiger partial charge in [0.2, 0.25) is 5.91 Å². The highest BCUT2D eigenvalue weighted by atomic mass is 16.5. The van der Waals surface area contributed by atoms with Crippen LogP contribution in [-0.2, 0) is 11.3 Å². The third-order valence-electron chi connectivity index (χ3n) is 5.56. The second kappa shape index (κ2) is 9.65. The average molecular weight is 411 g/mol. The Morgan fingerprint density at radius 2 is 1.73 bits per heavy atom. The van der Waals surface area contributed by atoms with Crippen molar-refractivity contribution in [2.45, 2.75) is 33.2 Å². The highest BCUT2D eigenvalue weighted by molar-refractivity contribution is 5.95. The standard InChI is InChI=1S/C24H30N2O4/c1-4-30-21-12-8-19(9-13-21)22(27)26-15-5-14-24(2,17-26)23(28)25-16-18-6-10-20(29-3)11-7-18/h6-13H,4-5,14-17H2,1-3H3,(H,25,28)/t24-/m0/s1. The molecule has 160 valence electrons. The van der Waals surface area contributed by atoms with E-state index >= 15 is 0 Å². The first-order chi connectivity index (χ1) is 14.4. The Morgan fingerprint density at radius 3 is 2.37 bits per heavy atom. The summed E-state index contributed by atoms with van der Waals surface area (Å²) < 4.78 is 10.6. The van der Waals surface area contributed by atoms with E-state index in [4.69, 9.17) is 9.47 Å². The van der Waals surface area contributed by atoms with Crippen LogP contribution in [0.4, 0.5) is 0 Å². The second-order valence-electron chi connectivity index (χ2n) is 7.88. The summed E-state index contributed by atoms with van der Waals surface area (Å²) in [5, 5.41) is 3.03. The van der Waals surface area contributed by atoms with E-state index < -0.39 is 5.41 Å². The number of ether oxygens (including phenoxy) is 2. The van der Waals surface area contributed by atoms with E-state index in [0.717, 1.165) is 29.9 Å². The number of rotatable bonds is 7. The topological polar surface area (TPSA) is 67.9 Å². The van der Waals surface area contributed by atoms with Crippen LogP contribution in [0.15, 0.2) is 48.5 Å². The van der Waals surface area contributed by atoms with Gasteiger partial charge in [-0.15, -0.1) is 0 Å². The number of likely N-dealkylation sites (tertiary alicyclic amines) is 1.